The highest BCUT2D eigenvalue weighted by Gasteiger charge is 2.63. The number of ether oxygens (including phenoxy) is 1. The molecule has 10 atom stereocenters. The fraction of sp³-hybridized carbons (Fsp3) is 0.783. The number of aliphatic hydroxyl groups excluding tert-OH is 1. The highest BCUT2D eigenvalue weighted by Crippen LogP contribution is 2.68. The lowest BCUT2D eigenvalue weighted by Gasteiger charge is -2.62. The van der Waals surface area contributed by atoms with Crippen molar-refractivity contribution in [1.82, 2.24) is 0 Å². The van der Waals surface area contributed by atoms with Crippen molar-refractivity contribution >= 4 is 11.9 Å². The first kappa shape index (κ1) is 41.6. The summed E-state index contributed by atoms with van der Waals surface area (Å²) in [7, 11) is 0. The van der Waals surface area contributed by atoms with Gasteiger partial charge in [-0.3, -0.25) is 9.59 Å². The summed E-state index contributed by atoms with van der Waals surface area (Å²) in [6.07, 6.45) is 40.1. The van der Waals surface area contributed by atoms with Gasteiger partial charge in [-0.1, -0.05) is 102 Å². The van der Waals surface area contributed by atoms with Crippen LogP contribution in [0.4, 0.5) is 0 Å². The van der Waals surface area contributed by atoms with Crippen molar-refractivity contribution in [3.8, 4) is 0 Å². The Labute approximate surface area is 311 Å². The first-order valence-electron chi connectivity index (χ1n) is 21.3. The van der Waals surface area contributed by atoms with Crippen LogP contribution in [0.5, 0.6) is 0 Å². The number of aliphatic hydroxyl groups is 1. The van der Waals surface area contributed by atoms with Crippen molar-refractivity contribution < 1.29 is 24.5 Å². The number of carboxylic acid groups (broad SMARTS) is 1. The van der Waals surface area contributed by atoms with Crippen molar-refractivity contribution in [2.45, 2.75) is 181 Å². The van der Waals surface area contributed by atoms with Gasteiger partial charge in [0.25, 0.3) is 0 Å². The second kappa shape index (κ2) is 20.9. The van der Waals surface area contributed by atoms with Crippen LogP contribution in [-0.4, -0.2) is 34.4 Å². The molecule has 288 valence electrons. The number of carboxylic acids is 1. The maximum atomic E-state index is 12.8. The molecule has 5 heteroatoms. The standard InChI is InChI=1S/C46H74O5/c1-5-6-7-8-9-10-11-12-13-14-15-16-17-18-19-20-21-22-23-24-44(50)51-37-31-32-45(3)36(33-37)26-27-38-40-29-28-39(35(2)25-30-43(48)49)46(40,4)42(47)34-41(38)45/h6-7,9-10,12-13,15-16,35-42,47H,5,8,11,14,17-34H2,1-4H3,(H,48,49)/b7-6-,10-9-,13-12-,16-15-. The molecule has 0 amide bonds. The van der Waals surface area contributed by atoms with Gasteiger partial charge >= 0.3 is 11.9 Å². The minimum absolute atomic E-state index is 0.00510. The predicted octanol–water partition coefficient (Wildman–Crippen LogP) is 12.0. The van der Waals surface area contributed by atoms with Crippen LogP contribution in [0.1, 0.15) is 169 Å². The largest absolute Gasteiger partial charge is 0.481 e. The molecule has 51 heavy (non-hydrogen) atoms. The zero-order valence-electron chi connectivity index (χ0n) is 32.9. The number of rotatable bonds is 21. The highest BCUT2D eigenvalue weighted by atomic mass is 16.5. The van der Waals surface area contributed by atoms with E-state index in [0.717, 1.165) is 77.0 Å². The van der Waals surface area contributed by atoms with Gasteiger partial charge in [0.05, 0.1) is 6.10 Å². The Bertz CT molecular complexity index is 1180. The lowest BCUT2D eigenvalue weighted by Crippen LogP contribution is -2.59. The third-order valence-corrected chi connectivity index (χ3v) is 14.3. The first-order chi connectivity index (χ1) is 24.6. The summed E-state index contributed by atoms with van der Waals surface area (Å²) >= 11 is 0. The number of aliphatic carboxylic acids is 1. The Balaban J connectivity index is 1.08. The molecule has 0 bridgehead atoms. The van der Waals surface area contributed by atoms with E-state index in [1.807, 2.05) is 0 Å². The molecule has 0 aromatic heterocycles. The van der Waals surface area contributed by atoms with Crippen LogP contribution >= 0.6 is 0 Å². The Hall–Kier alpha value is -2.14. The van der Waals surface area contributed by atoms with Crippen LogP contribution < -0.4 is 0 Å². The summed E-state index contributed by atoms with van der Waals surface area (Å²) in [6, 6.07) is 0. The Kier molecular flexibility index (Phi) is 17.1. The number of allylic oxidation sites excluding steroid dienone is 8. The van der Waals surface area contributed by atoms with Crippen LogP contribution in [0.15, 0.2) is 48.6 Å². The van der Waals surface area contributed by atoms with E-state index in [2.05, 4.69) is 76.3 Å². The van der Waals surface area contributed by atoms with Crippen molar-refractivity contribution in [3.63, 3.8) is 0 Å². The van der Waals surface area contributed by atoms with Crippen LogP contribution in [0, 0.1) is 46.3 Å². The molecular formula is C46H74O5. The molecular weight excluding hydrogens is 633 g/mol. The molecule has 4 saturated carbocycles. The van der Waals surface area contributed by atoms with Gasteiger partial charge in [0.1, 0.15) is 6.10 Å². The molecule has 0 aromatic carbocycles. The second-order valence-electron chi connectivity index (χ2n) is 17.4. The molecule has 0 aromatic rings. The lowest BCUT2D eigenvalue weighted by molar-refractivity contribution is -0.181. The quantitative estimate of drug-likeness (QED) is 0.0705. The van der Waals surface area contributed by atoms with Gasteiger partial charge < -0.3 is 14.9 Å². The smallest absolute Gasteiger partial charge is 0.306 e. The summed E-state index contributed by atoms with van der Waals surface area (Å²) in [4.78, 5) is 24.1. The van der Waals surface area contributed by atoms with E-state index >= 15 is 0 Å². The maximum absolute atomic E-state index is 12.8. The number of hydrogen-bond donors (Lipinski definition) is 2. The van der Waals surface area contributed by atoms with E-state index in [4.69, 9.17) is 4.74 Å². The molecule has 0 radical (unpaired) electrons. The van der Waals surface area contributed by atoms with E-state index in [-0.39, 0.29) is 35.4 Å². The van der Waals surface area contributed by atoms with Crippen LogP contribution in [0.2, 0.25) is 0 Å². The van der Waals surface area contributed by atoms with Crippen LogP contribution in [0.3, 0.4) is 0 Å². The van der Waals surface area contributed by atoms with Crippen molar-refractivity contribution in [3.05, 3.63) is 48.6 Å². The third kappa shape index (κ3) is 11.4. The molecule has 2 N–H and O–H groups in total. The topological polar surface area (TPSA) is 83.8 Å². The number of carbonyl (C=O) groups excluding carboxylic acids is 1. The minimum Gasteiger partial charge on any atom is -0.481 e. The van der Waals surface area contributed by atoms with Gasteiger partial charge in [0.15, 0.2) is 0 Å². The van der Waals surface area contributed by atoms with Gasteiger partial charge in [-0.25, -0.2) is 0 Å². The fourth-order valence-electron chi connectivity index (χ4n) is 11.4. The zero-order chi connectivity index (χ0) is 36.7. The summed E-state index contributed by atoms with van der Waals surface area (Å²) in [5.41, 5.74) is 0.102. The molecule has 0 saturated heterocycles. The van der Waals surface area contributed by atoms with E-state index in [9.17, 15) is 19.8 Å². The molecule has 4 aliphatic rings. The fourth-order valence-corrected chi connectivity index (χ4v) is 11.4. The molecule has 10 unspecified atom stereocenters. The molecule has 5 nitrogen and oxygen atoms in total. The Morgan fingerprint density at radius 1 is 0.765 bits per heavy atom. The maximum Gasteiger partial charge on any atom is 0.306 e. The van der Waals surface area contributed by atoms with Gasteiger partial charge in [-0.15, -0.1) is 0 Å². The third-order valence-electron chi connectivity index (χ3n) is 14.3. The average Bonchev–Trinajstić information content (AvgIpc) is 3.47. The second-order valence-corrected chi connectivity index (χ2v) is 17.4. The average molecular weight is 707 g/mol. The lowest BCUT2D eigenvalue weighted by atomic mass is 9.43. The van der Waals surface area contributed by atoms with Gasteiger partial charge in [-0.05, 0) is 149 Å². The number of unbranched alkanes of at least 4 members (excludes halogenated alkanes) is 6. The van der Waals surface area contributed by atoms with Crippen LogP contribution in [-0.2, 0) is 14.3 Å². The SMILES string of the molecule is CC/C=C\C/C=C\C/C=C\C/C=C\CCCCCCCCC(=O)OC1CCC2(C)C(CCC3C2CC(O)C2(C)C(C(C)CCC(=O)O)CCC32)C1. The van der Waals surface area contributed by atoms with E-state index < -0.39 is 5.97 Å². The number of carbonyl (C=O) groups is 2. The molecule has 0 spiro atoms. The monoisotopic (exact) mass is 707 g/mol. The van der Waals surface area contributed by atoms with Crippen molar-refractivity contribution in [2.75, 3.05) is 0 Å². The summed E-state index contributed by atoms with van der Waals surface area (Å²) in [5, 5.41) is 21.1. The summed E-state index contributed by atoms with van der Waals surface area (Å²) in [5.74, 6) is 2.28. The normalized spacial score (nSPS) is 34.3. The van der Waals surface area contributed by atoms with Gasteiger partial charge in [-0.2, -0.15) is 0 Å². The Morgan fingerprint density at radius 3 is 2.10 bits per heavy atom. The molecule has 4 fully saturated rings. The zero-order valence-corrected chi connectivity index (χ0v) is 32.9. The van der Waals surface area contributed by atoms with E-state index in [1.54, 1.807) is 0 Å². The summed E-state index contributed by atoms with van der Waals surface area (Å²) in [6.45, 7) is 9.21. The first-order valence-corrected chi connectivity index (χ1v) is 21.3. The molecule has 4 rings (SSSR count). The number of fused-ring (bicyclic) bond motifs is 5. The van der Waals surface area contributed by atoms with Gasteiger partial charge in [0, 0.05) is 12.8 Å². The molecule has 4 aliphatic carbocycles. The van der Waals surface area contributed by atoms with E-state index in [1.165, 1.54) is 44.9 Å². The van der Waals surface area contributed by atoms with Crippen molar-refractivity contribution in [1.29, 1.82) is 0 Å². The summed E-state index contributed by atoms with van der Waals surface area (Å²) < 4.78 is 6.10. The van der Waals surface area contributed by atoms with Crippen molar-refractivity contribution in [2.24, 2.45) is 46.3 Å². The van der Waals surface area contributed by atoms with Gasteiger partial charge in [0.2, 0.25) is 0 Å². The number of esters is 1. The Morgan fingerprint density at radius 2 is 1.41 bits per heavy atom. The highest BCUT2D eigenvalue weighted by molar-refractivity contribution is 5.69. The molecule has 0 aliphatic heterocycles. The predicted molar refractivity (Wildman–Crippen MR) is 210 cm³/mol. The minimum atomic E-state index is -0.714. The molecule has 0 heterocycles. The number of hydrogen-bond acceptors (Lipinski definition) is 4. The van der Waals surface area contributed by atoms with E-state index in [0.29, 0.717) is 48.3 Å². The van der Waals surface area contributed by atoms with Crippen LogP contribution in [0.25, 0.3) is 0 Å².